The summed E-state index contributed by atoms with van der Waals surface area (Å²) in [5.41, 5.74) is 0. The molecular formula is C6H8N2O3. The molecule has 1 saturated heterocycles. The van der Waals surface area contributed by atoms with Crippen molar-refractivity contribution in [3.8, 4) is 0 Å². The molecule has 60 valence electrons. The van der Waals surface area contributed by atoms with Gasteiger partial charge in [-0.1, -0.05) is 0 Å². The van der Waals surface area contributed by atoms with Gasteiger partial charge in [0.25, 0.3) is 5.91 Å². The van der Waals surface area contributed by atoms with E-state index >= 15 is 0 Å². The third kappa shape index (κ3) is 1.04. The highest BCUT2D eigenvalue weighted by molar-refractivity contribution is 5.89. The van der Waals surface area contributed by atoms with Crippen molar-refractivity contribution in [2.75, 3.05) is 7.11 Å². The Morgan fingerprint density at radius 3 is 2.73 bits per heavy atom. The Morgan fingerprint density at radius 1 is 1.73 bits per heavy atom. The zero-order valence-electron chi connectivity index (χ0n) is 6.27. The number of β-lactam (4-membered cyclic amide) rings is 1. The van der Waals surface area contributed by atoms with Crippen LogP contribution in [0.25, 0.3) is 0 Å². The van der Waals surface area contributed by atoms with Gasteiger partial charge >= 0.3 is 0 Å². The molecule has 0 aromatic heterocycles. The standard InChI is InChI=1S/C6H8N2O3/c1-4-5(7-3-9)6(10)8(4)11-2/h4-5H,1-2H3. The van der Waals surface area contributed by atoms with Crippen LogP contribution in [0.2, 0.25) is 0 Å². The van der Waals surface area contributed by atoms with Crippen LogP contribution in [0.1, 0.15) is 6.92 Å². The first kappa shape index (κ1) is 7.91. The van der Waals surface area contributed by atoms with E-state index in [1.165, 1.54) is 18.3 Å². The van der Waals surface area contributed by atoms with Crippen molar-refractivity contribution in [2.45, 2.75) is 19.0 Å². The maximum atomic E-state index is 10.9. The number of amides is 1. The largest absolute Gasteiger partial charge is 0.274 e. The van der Waals surface area contributed by atoms with Crippen LogP contribution in [-0.4, -0.2) is 36.2 Å². The van der Waals surface area contributed by atoms with E-state index in [2.05, 4.69) is 9.83 Å². The summed E-state index contributed by atoms with van der Waals surface area (Å²) in [6, 6.07) is -0.749. The van der Waals surface area contributed by atoms with Gasteiger partial charge in [-0.15, -0.1) is 0 Å². The summed E-state index contributed by atoms with van der Waals surface area (Å²) in [6.07, 6.45) is 1.35. The van der Waals surface area contributed by atoms with Gasteiger partial charge in [-0.3, -0.25) is 9.63 Å². The van der Waals surface area contributed by atoms with Crippen LogP contribution in [0.4, 0.5) is 0 Å². The second-order valence-corrected chi connectivity index (χ2v) is 2.25. The molecule has 0 saturated carbocycles. The minimum atomic E-state index is -0.590. The SMILES string of the molecule is CON1C(=O)C(N=C=O)C1C. The first-order valence-corrected chi connectivity index (χ1v) is 3.16. The number of aliphatic imine (C=N–C) groups is 1. The molecule has 0 radical (unpaired) electrons. The molecule has 1 rings (SSSR count). The summed E-state index contributed by atoms with van der Waals surface area (Å²) in [5, 5.41) is 1.17. The van der Waals surface area contributed by atoms with Crippen LogP contribution in [0, 0.1) is 0 Å². The molecule has 0 spiro atoms. The van der Waals surface area contributed by atoms with Crippen LogP contribution in [-0.2, 0) is 14.4 Å². The number of carbonyl (C=O) groups is 1. The number of hydrogen-bond donors (Lipinski definition) is 0. The number of isocyanates is 1. The van der Waals surface area contributed by atoms with Gasteiger partial charge in [0.2, 0.25) is 6.08 Å². The Bertz CT molecular complexity index is 222. The number of hydroxylamine groups is 2. The number of nitrogens with zero attached hydrogens (tertiary/aromatic N) is 2. The quantitative estimate of drug-likeness (QED) is 0.307. The lowest BCUT2D eigenvalue weighted by molar-refractivity contribution is -0.217. The molecule has 1 amide bonds. The lowest BCUT2D eigenvalue weighted by Crippen LogP contribution is -2.61. The zero-order chi connectivity index (χ0) is 8.43. The van der Waals surface area contributed by atoms with Crippen LogP contribution in [0.5, 0.6) is 0 Å². The van der Waals surface area contributed by atoms with Crippen molar-refractivity contribution in [1.82, 2.24) is 5.06 Å². The van der Waals surface area contributed by atoms with E-state index in [-0.39, 0.29) is 11.9 Å². The predicted molar refractivity (Wildman–Crippen MR) is 35.2 cm³/mol. The van der Waals surface area contributed by atoms with E-state index in [1.807, 2.05) is 0 Å². The Hall–Kier alpha value is -1.19. The van der Waals surface area contributed by atoms with E-state index in [4.69, 9.17) is 0 Å². The molecule has 1 heterocycles. The average molecular weight is 156 g/mol. The maximum absolute atomic E-state index is 10.9. The summed E-state index contributed by atoms with van der Waals surface area (Å²) >= 11 is 0. The molecule has 1 aliphatic heterocycles. The molecule has 5 nitrogen and oxygen atoms in total. The Balaban J connectivity index is 2.63. The maximum Gasteiger partial charge on any atom is 0.274 e. The van der Waals surface area contributed by atoms with Crippen LogP contribution < -0.4 is 0 Å². The summed E-state index contributed by atoms with van der Waals surface area (Å²) < 4.78 is 0. The van der Waals surface area contributed by atoms with Crippen LogP contribution in [0.15, 0.2) is 4.99 Å². The fourth-order valence-electron chi connectivity index (χ4n) is 1.06. The Kier molecular flexibility index (Phi) is 2.03. The Labute approximate surface area is 63.6 Å². The lowest BCUT2D eigenvalue weighted by atomic mass is 10.0. The minimum Gasteiger partial charge on any atom is -0.274 e. The van der Waals surface area contributed by atoms with Crippen LogP contribution in [0.3, 0.4) is 0 Å². The summed E-state index contributed by atoms with van der Waals surface area (Å²) in [5.74, 6) is -0.289. The van der Waals surface area contributed by atoms with Crippen molar-refractivity contribution in [3.05, 3.63) is 0 Å². The highest BCUT2D eigenvalue weighted by atomic mass is 16.7. The third-order valence-electron chi connectivity index (χ3n) is 1.69. The van der Waals surface area contributed by atoms with Gasteiger partial charge in [0.05, 0.1) is 13.2 Å². The highest BCUT2D eigenvalue weighted by Crippen LogP contribution is 2.21. The molecule has 2 atom stereocenters. The topological polar surface area (TPSA) is 59.0 Å². The van der Waals surface area contributed by atoms with Gasteiger partial charge in [0.1, 0.15) is 0 Å². The molecule has 0 aliphatic carbocycles. The number of rotatable bonds is 2. The van der Waals surface area contributed by atoms with E-state index in [9.17, 15) is 9.59 Å². The van der Waals surface area contributed by atoms with Crippen molar-refractivity contribution >= 4 is 12.0 Å². The third-order valence-corrected chi connectivity index (χ3v) is 1.69. The fraction of sp³-hybridized carbons (Fsp3) is 0.667. The molecule has 0 N–H and O–H groups in total. The first-order chi connectivity index (χ1) is 5.22. The average Bonchev–Trinajstić information content (AvgIpc) is 2.01. The lowest BCUT2D eigenvalue weighted by Gasteiger charge is -2.39. The van der Waals surface area contributed by atoms with E-state index in [1.54, 1.807) is 6.92 Å². The van der Waals surface area contributed by atoms with Gasteiger partial charge < -0.3 is 0 Å². The smallest absolute Gasteiger partial charge is 0.274 e. The van der Waals surface area contributed by atoms with Crippen molar-refractivity contribution in [3.63, 3.8) is 0 Å². The van der Waals surface area contributed by atoms with Crippen molar-refractivity contribution < 1.29 is 14.4 Å². The molecule has 1 fully saturated rings. The number of carbonyl (C=O) groups excluding carboxylic acids is 2. The molecule has 11 heavy (non-hydrogen) atoms. The summed E-state index contributed by atoms with van der Waals surface area (Å²) in [4.78, 5) is 28.7. The van der Waals surface area contributed by atoms with Gasteiger partial charge in [-0.2, -0.15) is 4.99 Å². The van der Waals surface area contributed by atoms with Gasteiger partial charge in [-0.05, 0) is 6.92 Å². The second-order valence-electron chi connectivity index (χ2n) is 2.25. The number of hydrogen-bond acceptors (Lipinski definition) is 4. The molecule has 0 aromatic carbocycles. The molecule has 1 aliphatic rings. The van der Waals surface area contributed by atoms with Crippen molar-refractivity contribution in [2.24, 2.45) is 4.99 Å². The van der Waals surface area contributed by atoms with Gasteiger partial charge in [0.15, 0.2) is 6.04 Å². The monoisotopic (exact) mass is 156 g/mol. The van der Waals surface area contributed by atoms with Crippen molar-refractivity contribution in [1.29, 1.82) is 0 Å². The van der Waals surface area contributed by atoms with E-state index < -0.39 is 6.04 Å². The predicted octanol–water partition coefficient (Wildman–Crippen LogP) is -0.517. The Morgan fingerprint density at radius 2 is 2.36 bits per heavy atom. The summed E-state index contributed by atoms with van der Waals surface area (Å²) in [7, 11) is 1.40. The van der Waals surface area contributed by atoms with Gasteiger partial charge in [-0.25, -0.2) is 9.86 Å². The minimum absolute atomic E-state index is 0.158. The second kappa shape index (κ2) is 2.82. The molecular weight excluding hydrogens is 148 g/mol. The summed E-state index contributed by atoms with van der Waals surface area (Å²) in [6.45, 7) is 1.75. The molecule has 2 unspecified atom stereocenters. The van der Waals surface area contributed by atoms with E-state index in [0.717, 1.165) is 0 Å². The normalized spacial score (nSPS) is 29.3. The zero-order valence-corrected chi connectivity index (χ0v) is 6.27. The van der Waals surface area contributed by atoms with Crippen LogP contribution >= 0.6 is 0 Å². The fourth-order valence-corrected chi connectivity index (χ4v) is 1.06. The molecule has 0 bridgehead atoms. The first-order valence-electron chi connectivity index (χ1n) is 3.16. The van der Waals surface area contributed by atoms with Gasteiger partial charge in [0, 0.05) is 0 Å². The highest BCUT2D eigenvalue weighted by Gasteiger charge is 2.45. The van der Waals surface area contributed by atoms with E-state index in [0.29, 0.717) is 0 Å². The molecule has 5 heteroatoms. The molecule has 0 aromatic rings.